The number of pyridine rings is 1. The van der Waals surface area contributed by atoms with E-state index in [9.17, 15) is 0 Å². The summed E-state index contributed by atoms with van der Waals surface area (Å²) in [6, 6.07) is 12.1. The van der Waals surface area contributed by atoms with Gasteiger partial charge in [0.2, 0.25) is 0 Å². The van der Waals surface area contributed by atoms with Crippen molar-refractivity contribution in [2.45, 2.75) is 18.3 Å². The van der Waals surface area contributed by atoms with Gasteiger partial charge in [-0.1, -0.05) is 24.3 Å². The normalized spacial score (nSPS) is 9.87. The van der Waals surface area contributed by atoms with Crippen molar-refractivity contribution >= 4 is 33.4 Å². The topological polar surface area (TPSA) is 12.9 Å². The molecule has 2 radical (unpaired) electrons. The summed E-state index contributed by atoms with van der Waals surface area (Å²) in [5.74, 6) is 0.942. The molecule has 0 aliphatic heterocycles. The van der Waals surface area contributed by atoms with E-state index in [4.69, 9.17) is 0 Å². The summed E-state index contributed by atoms with van der Waals surface area (Å²) in [6.45, 7) is 4.51. The van der Waals surface area contributed by atoms with Crippen molar-refractivity contribution in [2.24, 2.45) is 5.92 Å². The summed E-state index contributed by atoms with van der Waals surface area (Å²) >= 11 is 1.43. The molecule has 0 aliphatic rings. The molecular formula is C13H17NSn. The molecule has 1 nitrogen and oxygen atoms in total. The summed E-state index contributed by atoms with van der Waals surface area (Å²) in [6.07, 6.45) is 1.81. The smallest absolute Gasteiger partial charge is 0.0701 e. The molecule has 2 aromatic rings. The molecule has 0 fully saturated rings. The molecule has 15 heavy (non-hydrogen) atoms. The molecule has 0 atom stereocenters. The van der Waals surface area contributed by atoms with E-state index in [1.54, 1.807) is 0 Å². The summed E-state index contributed by atoms with van der Waals surface area (Å²) in [7, 11) is 0. The molecule has 2 rings (SSSR count). The largest absolute Gasteiger partial charge is 0.256 e. The number of para-hydroxylation sites is 1. The summed E-state index contributed by atoms with van der Waals surface area (Å²) < 4.78 is 1.44. The van der Waals surface area contributed by atoms with Crippen molar-refractivity contribution in [1.29, 1.82) is 0 Å². The van der Waals surface area contributed by atoms with Crippen molar-refractivity contribution < 1.29 is 0 Å². The van der Waals surface area contributed by atoms with Gasteiger partial charge in [0, 0.05) is 11.6 Å². The van der Waals surface area contributed by atoms with E-state index in [0.29, 0.717) is 0 Å². The first-order chi connectivity index (χ1) is 7.24. The van der Waals surface area contributed by atoms with E-state index >= 15 is 0 Å². The predicted octanol–water partition coefficient (Wildman–Crippen LogP) is 3.20. The Bertz CT molecular complexity index is 333. The molecule has 0 aliphatic carbocycles. The maximum atomic E-state index is 4.18. The molecule has 0 unspecified atom stereocenters. The molecule has 0 saturated heterocycles. The van der Waals surface area contributed by atoms with Crippen LogP contribution in [0.4, 0.5) is 0 Å². The molecule has 1 aromatic carbocycles. The van der Waals surface area contributed by atoms with Gasteiger partial charge in [-0.05, 0) is 12.1 Å². The summed E-state index contributed by atoms with van der Waals surface area (Å²) in [5, 5.41) is 1.20. The Hall–Kier alpha value is -0.571. The van der Waals surface area contributed by atoms with Crippen LogP contribution in [0.2, 0.25) is 4.44 Å². The van der Waals surface area contributed by atoms with Gasteiger partial charge in [0.15, 0.2) is 0 Å². The predicted molar refractivity (Wildman–Crippen MR) is 68.5 cm³/mol. The molecule has 0 saturated carbocycles. The van der Waals surface area contributed by atoms with Gasteiger partial charge in [-0.15, -0.1) is 0 Å². The fraction of sp³-hybridized carbons (Fsp3) is 0.308. The Balaban J connectivity index is 0.000000195. The van der Waals surface area contributed by atoms with Gasteiger partial charge in [0.25, 0.3) is 0 Å². The van der Waals surface area contributed by atoms with Crippen LogP contribution in [0.3, 0.4) is 0 Å². The Morgan fingerprint density at radius 1 is 1.13 bits per heavy atom. The Morgan fingerprint density at radius 3 is 2.33 bits per heavy atom. The Kier molecular flexibility index (Phi) is 5.69. The van der Waals surface area contributed by atoms with Gasteiger partial charge >= 0.3 is 46.7 Å². The van der Waals surface area contributed by atoms with Gasteiger partial charge in [-0.3, -0.25) is 4.98 Å². The minimum Gasteiger partial charge on any atom is -0.256 e. The van der Waals surface area contributed by atoms with E-state index in [1.165, 1.54) is 32.3 Å². The number of hydrogen-bond donors (Lipinski definition) is 0. The van der Waals surface area contributed by atoms with Gasteiger partial charge in [-0.2, -0.15) is 0 Å². The van der Waals surface area contributed by atoms with Crippen molar-refractivity contribution in [3.8, 4) is 0 Å². The quantitative estimate of drug-likeness (QED) is 0.737. The minimum absolute atomic E-state index is 0.942. The van der Waals surface area contributed by atoms with Crippen LogP contribution in [0, 0.1) is 5.92 Å². The van der Waals surface area contributed by atoms with Crippen molar-refractivity contribution in [2.75, 3.05) is 0 Å². The minimum atomic E-state index is 0.942. The fourth-order valence-electron chi connectivity index (χ4n) is 1.02. The first-order valence-electron chi connectivity index (χ1n) is 5.24. The summed E-state index contributed by atoms with van der Waals surface area (Å²) in [5.41, 5.74) is 1.06. The number of benzene rings is 1. The zero-order valence-corrected chi connectivity index (χ0v) is 12.6. The Morgan fingerprint density at radius 2 is 1.73 bits per heavy atom. The second-order valence-electron chi connectivity index (χ2n) is 3.83. The maximum Gasteiger partial charge on any atom is 0.0701 e. The van der Waals surface area contributed by atoms with Crippen LogP contribution < -0.4 is 0 Å². The third-order valence-corrected chi connectivity index (χ3v) is 4.67. The molecule has 0 bridgehead atoms. The first kappa shape index (κ1) is 12.5. The first-order valence-corrected chi connectivity index (χ1v) is 7.57. The standard InChI is InChI=1S/C9H7N.C4H9.Sn.H/c1-2-6-9-8(4-1)5-3-7-10-9;1-4(2)3;;/h1-7H;4H,1H2,2-3H3;;. The van der Waals surface area contributed by atoms with Crippen LogP contribution >= 0.6 is 0 Å². The number of aromatic nitrogens is 1. The van der Waals surface area contributed by atoms with Crippen LogP contribution in [0.15, 0.2) is 42.6 Å². The number of nitrogens with zero attached hydrogens (tertiary/aromatic N) is 1. The Labute approximate surface area is 105 Å². The third kappa shape index (κ3) is 4.65. The average molecular weight is 306 g/mol. The van der Waals surface area contributed by atoms with Crippen molar-refractivity contribution in [3.63, 3.8) is 0 Å². The SMILES string of the molecule is CC(C)[CH2][SnH].c1ccc2ncccc2c1. The van der Waals surface area contributed by atoms with E-state index in [-0.39, 0.29) is 0 Å². The van der Waals surface area contributed by atoms with Crippen molar-refractivity contribution in [1.82, 2.24) is 4.98 Å². The van der Waals surface area contributed by atoms with Gasteiger partial charge in [-0.25, -0.2) is 0 Å². The third-order valence-electron chi connectivity index (χ3n) is 1.98. The zero-order chi connectivity index (χ0) is 11.1. The van der Waals surface area contributed by atoms with Crippen LogP contribution in [0.25, 0.3) is 10.9 Å². The molecule has 1 aromatic heterocycles. The van der Waals surface area contributed by atoms with Crippen LogP contribution in [0.5, 0.6) is 0 Å². The van der Waals surface area contributed by atoms with Gasteiger partial charge in [0.05, 0.1) is 5.52 Å². The zero-order valence-electron chi connectivity index (χ0n) is 9.35. The monoisotopic (exact) mass is 307 g/mol. The van der Waals surface area contributed by atoms with Crippen LogP contribution in [0.1, 0.15) is 13.8 Å². The number of fused-ring (bicyclic) bond motifs is 1. The second kappa shape index (κ2) is 6.83. The van der Waals surface area contributed by atoms with E-state index in [0.717, 1.165) is 11.4 Å². The maximum absolute atomic E-state index is 4.18. The molecule has 2 heteroatoms. The van der Waals surface area contributed by atoms with E-state index in [2.05, 4.69) is 31.0 Å². The van der Waals surface area contributed by atoms with Crippen molar-refractivity contribution in [3.05, 3.63) is 42.6 Å². The molecule has 0 amide bonds. The van der Waals surface area contributed by atoms with E-state index in [1.807, 2.05) is 30.5 Å². The summed E-state index contributed by atoms with van der Waals surface area (Å²) in [4.78, 5) is 4.18. The van der Waals surface area contributed by atoms with Crippen LogP contribution in [-0.2, 0) is 0 Å². The molecule has 78 valence electrons. The number of hydrogen-bond acceptors (Lipinski definition) is 1. The van der Waals surface area contributed by atoms with Gasteiger partial charge < -0.3 is 0 Å². The fourth-order valence-corrected chi connectivity index (χ4v) is 1.02. The molecule has 0 N–H and O–H groups in total. The number of rotatable bonds is 1. The van der Waals surface area contributed by atoms with E-state index < -0.39 is 0 Å². The van der Waals surface area contributed by atoms with Crippen LogP contribution in [-0.4, -0.2) is 27.5 Å². The van der Waals surface area contributed by atoms with Gasteiger partial charge in [0.1, 0.15) is 0 Å². The molecular weight excluding hydrogens is 289 g/mol. The molecule has 0 spiro atoms. The second-order valence-corrected chi connectivity index (χ2v) is 5.17. The molecule has 1 heterocycles. The average Bonchev–Trinajstić information content (AvgIpc) is 2.30.